The molecule has 3 rings (SSSR count). The van der Waals surface area contributed by atoms with Crippen molar-refractivity contribution in [2.45, 2.75) is 39.3 Å². The van der Waals surface area contributed by atoms with E-state index >= 15 is 0 Å². The largest absolute Gasteiger partial charge is 0.449 e. The molecule has 1 aromatic rings. The Balaban J connectivity index is 0.000000574. The van der Waals surface area contributed by atoms with Crippen molar-refractivity contribution in [3.63, 3.8) is 0 Å². The molecule has 0 aromatic heterocycles. The molecular weight excluding hydrogens is 236 g/mol. The highest BCUT2D eigenvalue weighted by Crippen LogP contribution is 2.49. The van der Waals surface area contributed by atoms with E-state index < -0.39 is 11.6 Å². The summed E-state index contributed by atoms with van der Waals surface area (Å²) in [5, 5.41) is 7.00. The van der Waals surface area contributed by atoms with Gasteiger partial charge in [-0.1, -0.05) is 0 Å². The second kappa shape index (κ2) is 3.95. The lowest BCUT2D eigenvalue weighted by molar-refractivity contribution is -0.0481. The standard InChI is InChI=1S/C12H14O4.CH4O/c1-11(2)13-7-5-9-10(6-8(7)14-11)16-12(3,4)15-9;1-2/h5-6H,1-4H3;2H,1H3. The van der Waals surface area contributed by atoms with E-state index in [1.165, 1.54) is 0 Å². The number of benzene rings is 1. The number of fused-ring (bicyclic) bond motifs is 2. The van der Waals surface area contributed by atoms with E-state index in [9.17, 15) is 0 Å². The highest BCUT2D eigenvalue weighted by Gasteiger charge is 2.38. The van der Waals surface area contributed by atoms with E-state index in [1.807, 2.05) is 39.8 Å². The lowest BCUT2D eigenvalue weighted by atomic mass is 10.3. The van der Waals surface area contributed by atoms with Gasteiger partial charge in [0.1, 0.15) is 0 Å². The molecule has 0 amide bonds. The Bertz CT molecular complexity index is 386. The molecule has 2 aliphatic heterocycles. The predicted molar refractivity (Wildman–Crippen MR) is 65.3 cm³/mol. The van der Waals surface area contributed by atoms with Crippen molar-refractivity contribution in [1.29, 1.82) is 0 Å². The first kappa shape index (κ1) is 12.8. The Morgan fingerprint density at radius 2 is 0.889 bits per heavy atom. The van der Waals surface area contributed by atoms with Gasteiger partial charge in [-0.25, -0.2) is 0 Å². The zero-order valence-corrected chi connectivity index (χ0v) is 11.2. The fourth-order valence-electron chi connectivity index (χ4n) is 1.94. The fraction of sp³-hybridized carbons (Fsp3) is 0.538. The van der Waals surface area contributed by atoms with Crippen LogP contribution in [0.25, 0.3) is 0 Å². The summed E-state index contributed by atoms with van der Waals surface area (Å²) in [5.74, 6) is 1.56. The Labute approximate surface area is 106 Å². The van der Waals surface area contributed by atoms with E-state index in [-0.39, 0.29) is 0 Å². The lowest BCUT2D eigenvalue weighted by Crippen LogP contribution is -2.30. The molecule has 0 spiro atoms. The van der Waals surface area contributed by atoms with E-state index in [2.05, 4.69) is 0 Å². The molecule has 1 aromatic carbocycles. The Hall–Kier alpha value is -1.62. The van der Waals surface area contributed by atoms with Crippen molar-refractivity contribution < 1.29 is 24.1 Å². The van der Waals surface area contributed by atoms with E-state index in [0.29, 0.717) is 23.0 Å². The summed E-state index contributed by atoms with van der Waals surface area (Å²) in [6.07, 6.45) is 0. The summed E-state index contributed by atoms with van der Waals surface area (Å²) in [6.45, 7) is 7.46. The van der Waals surface area contributed by atoms with Gasteiger partial charge >= 0.3 is 0 Å². The Morgan fingerprint density at radius 1 is 0.667 bits per heavy atom. The van der Waals surface area contributed by atoms with Crippen molar-refractivity contribution in [2.75, 3.05) is 7.11 Å². The topological polar surface area (TPSA) is 57.2 Å². The number of aliphatic hydroxyl groups is 1. The summed E-state index contributed by atoms with van der Waals surface area (Å²) in [4.78, 5) is 0. The molecule has 0 saturated carbocycles. The van der Waals surface area contributed by atoms with Crippen LogP contribution in [0.1, 0.15) is 27.7 Å². The number of ether oxygens (including phenoxy) is 4. The minimum atomic E-state index is -0.618. The highest BCUT2D eigenvalue weighted by atomic mass is 16.7. The molecule has 1 N–H and O–H groups in total. The number of rotatable bonds is 0. The van der Waals surface area contributed by atoms with Crippen LogP contribution in [0, 0.1) is 0 Å². The molecule has 0 aliphatic carbocycles. The van der Waals surface area contributed by atoms with Crippen LogP contribution in [0.4, 0.5) is 0 Å². The average molecular weight is 254 g/mol. The third kappa shape index (κ3) is 2.18. The summed E-state index contributed by atoms with van der Waals surface area (Å²) in [6, 6.07) is 3.63. The third-order valence-electron chi connectivity index (χ3n) is 2.43. The van der Waals surface area contributed by atoms with Gasteiger partial charge in [-0.2, -0.15) is 0 Å². The minimum Gasteiger partial charge on any atom is -0.449 e. The third-order valence-corrected chi connectivity index (χ3v) is 2.43. The predicted octanol–water partition coefficient (Wildman–Crippen LogP) is 2.31. The minimum absolute atomic E-state index is 0.618. The molecule has 0 saturated heterocycles. The molecule has 0 atom stereocenters. The second-order valence-corrected chi connectivity index (χ2v) is 4.95. The quantitative estimate of drug-likeness (QED) is 0.770. The van der Waals surface area contributed by atoms with Crippen LogP contribution in [0.2, 0.25) is 0 Å². The maximum Gasteiger partial charge on any atom is 0.246 e. The Morgan fingerprint density at radius 3 is 1.11 bits per heavy atom. The van der Waals surface area contributed by atoms with Crippen LogP contribution in [0.3, 0.4) is 0 Å². The molecule has 18 heavy (non-hydrogen) atoms. The van der Waals surface area contributed by atoms with Crippen LogP contribution in [0.15, 0.2) is 12.1 Å². The van der Waals surface area contributed by atoms with Crippen LogP contribution >= 0.6 is 0 Å². The Kier molecular flexibility index (Phi) is 2.81. The second-order valence-electron chi connectivity index (χ2n) is 4.95. The lowest BCUT2D eigenvalue weighted by Gasteiger charge is -2.17. The first-order chi connectivity index (χ1) is 8.35. The zero-order chi connectivity index (χ0) is 13.6. The van der Waals surface area contributed by atoms with Gasteiger partial charge in [0.15, 0.2) is 23.0 Å². The van der Waals surface area contributed by atoms with E-state index in [0.717, 1.165) is 7.11 Å². The fourth-order valence-corrected chi connectivity index (χ4v) is 1.94. The van der Waals surface area contributed by atoms with Crippen LogP contribution in [-0.2, 0) is 0 Å². The van der Waals surface area contributed by atoms with Crippen molar-refractivity contribution in [2.24, 2.45) is 0 Å². The van der Waals surface area contributed by atoms with Crippen LogP contribution in [0.5, 0.6) is 23.0 Å². The van der Waals surface area contributed by atoms with Gasteiger partial charge in [-0.3, -0.25) is 0 Å². The van der Waals surface area contributed by atoms with Crippen molar-refractivity contribution in [3.8, 4) is 23.0 Å². The van der Waals surface area contributed by atoms with Gasteiger partial charge in [-0.15, -0.1) is 0 Å². The molecule has 0 radical (unpaired) electrons. The molecule has 0 bridgehead atoms. The molecule has 2 aliphatic rings. The summed E-state index contributed by atoms with van der Waals surface area (Å²) in [7, 11) is 1.00. The SMILES string of the molecule is CC1(C)Oc2cc3c(cc2O1)OC(C)(C)O3.CO. The average Bonchev–Trinajstić information content (AvgIpc) is 2.68. The summed E-state index contributed by atoms with van der Waals surface area (Å²) < 4.78 is 22.5. The summed E-state index contributed by atoms with van der Waals surface area (Å²) >= 11 is 0. The molecule has 2 heterocycles. The number of hydrogen-bond donors (Lipinski definition) is 1. The van der Waals surface area contributed by atoms with Crippen molar-refractivity contribution in [1.82, 2.24) is 0 Å². The smallest absolute Gasteiger partial charge is 0.246 e. The van der Waals surface area contributed by atoms with Gasteiger partial charge in [0.2, 0.25) is 11.6 Å². The molecule has 5 heteroatoms. The van der Waals surface area contributed by atoms with Gasteiger partial charge < -0.3 is 24.1 Å². The van der Waals surface area contributed by atoms with Gasteiger partial charge in [-0.05, 0) is 0 Å². The zero-order valence-electron chi connectivity index (χ0n) is 11.2. The van der Waals surface area contributed by atoms with E-state index in [4.69, 9.17) is 24.1 Å². The summed E-state index contributed by atoms with van der Waals surface area (Å²) in [5.41, 5.74) is 0. The van der Waals surface area contributed by atoms with Crippen LogP contribution in [-0.4, -0.2) is 23.8 Å². The molecular formula is C13H18O5. The molecule has 0 unspecified atom stereocenters. The highest BCUT2D eigenvalue weighted by molar-refractivity contribution is 5.57. The number of aliphatic hydroxyl groups excluding tert-OH is 1. The maximum atomic E-state index is 7.00. The first-order valence-corrected chi connectivity index (χ1v) is 5.73. The monoisotopic (exact) mass is 254 g/mol. The first-order valence-electron chi connectivity index (χ1n) is 5.73. The molecule has 100 valence electrons. The molecule has 5 nitrogen and oxygen atoms in total. The van der Waals surface area contributed by atoms with Gasteiger partial charge in [0, 0.05) is 46.9 Å². The van der Waals surface area contributed by atoms with Gasteiger partial charge in [0.25, 0.3) is 0 Å². The van der Waals surface area contributed by atoms with Crippen molar-refractivity contribution in [3.05, 3.63) is 12.1 Å². The van der Waals surface area contributed by atoms with Gasteiger partial charge in [0.05, 0.1) is 0 Å². The van der Waals surface area contributed by atoms with E-state index in [1.54, 1.807) is 0 Å². The molecule has 0 fully saturated rings. The van der Waals surface area contributed by atoms with Crippen LogP contribution < -0.4 is 18.9 Å². The van der Waals surface area contributed by atoms with Crippen molar-refractivity contribution >= 4 is 0 Å². The maximum absolute atomic E-state index is 7.00. The number of hydrogen-bond acceptors (Lipinski definition) is 5. The normalized spacial score (nSPS) is 20.1.